The average molecular weight is 367 g/mol. The molecule has 1 N–H and O–H groups in total. The molecule has 0 radical (unpaired) electrons. The highest BCUT2D eigenvalue weighted by Crippen LogP contribution is 2.27. The molecule has 0 aliphatic heterocycles. The number of amides is 1. The topological polar surface area (TPSA) is 72.7 Å². The highest BCUT2D eigenvalue weighted by molar-refractivity contribution is 8.00. The highest BCUT2D eigenvalue weighted by atomic mass is 32.2. The van der Waals surface area contributed by atoms with Crippen molar-refractivity contribution >= 4 is 23.4 Å². The van der Waals surface area contributed by atoms with E-state index < -0.39 is 0 Å². The predicted octanol–water partition coefficient (Wildman–Crippen LogP) is 3.71. The van der Waals surface area contributed by atoms with Crippen molar-refractivity contribution in [2.24, 2.45) is 0 Å². The number of carbonyl (C=O) groups excluding carboxylic acids is 1. The molecule has 7 heteroatoms. The largest absolute Gasteiger partial charge is 0.325 e. The Balaban J connectivity index is 1.79. The van der Waals surface area contributed by atoms with Crippen molar-refractivity contribution in [3.8, 4) is 5.69 Å². The van der Waals surface area contributed by atoms with E-state index in [0.717, 1.165) is 28.1 Å². The Kier molecular flexibility index (Phi) is 5.37. The zero-order valence-corrected chi connectivity index (χ0v) is 16.0. The van der Waals surface area contributed by atoms with Crippen molar-refractivity contribution in [3.05, 3.63) is 59.2 Å². The van der Waals surface area contributed by atoms with Crippen LogP contribution >= 0.6 is 11.8 Å². The molecule has 0 spiro atoms. The molecule has 1 heterocycles. The van der Waals surface area contributed by atoms with Gasteiger partial charge in [-0.2, -0.15) is 4.68 Å². The predicted molar refractivity (Wildman–Crippen MR) is 104 cm³/mol. The lowest BCUT2D eigenvalue weighted by Gasteiger charge is -2.14. The molecule has 1 unspecified atom stereocenters. The van der Waals surface area contributed by atoms with E-state index in [9.17, 15) is 4.79 Å². The van der Waals surface area contributed by atoms with Gasteiger partial charge < -0.3 is 5.32 Å². The molecule has 0 aliphatic rings. The third-order valence-corrected chi connectivity index (χ3v) is 5.18. The van der Waals surface area contributed by atoms with Gasteiger partial charge in [0.15, 0.2) is 0 Å². The lowest BCUT2D eigenvalue weighted by Crippen LogP contribution is -2.23. The summed E-state index contributed by atoms with van der Waals surface area (Å²) in [5.74, 6) is -0.0830. The summed E-state index contributed by atoms with van der Waals surface area (Å²) in [6.07, 6.45) is 0. The van der Waals surface area contributed by atoms with Gasteiger partial charge in [0, 0.05) is 5.69 Å². The number of thioether (sulfide) groups is 1. The molecular weight excluding hydrogens is 346 g/mol. The summed E-state index contributed by atoms with van der Waals surface area (Å²) < 4.78 is 1.70. The number of aromatic nitrogens is 4. The second kappa shape index (κ2) is 7.70. The first-order chi connectivity index (χ1) is 12.5. The van der Waals surface area contributed by atoms with Crippen molar-refractivity contribution in [2.75, 3.05) is 5.32 Å². The van der Waals surface area contributed by atoms with Gasteiger partial charge in [-0.25, -0.2) is 0 Å². The molecule has 1 amide bonds. The summed E-state index contributed by atoms with van der Waals surface area (Å²) in [7, 11) is 0. The minimum atomic E-state index is -0.344. The SMILES string of the molecule is Cc1ccccc1NC(=O)C(C)Sc1nnnn1-c1c(C)cccc1C. The van der Waals surface area contributed by atoms with Crippen LogP contribution in [0.15, 0.2) is 47.6 Å². The lowest BCUT2D eigenvalue weighted by molar-refractivity contribution is -0.115. The number of nitrogens with zero attached hydrogens (tertiary/aromatic N) is 4. The van der Waals surface area contributed by atoms with Crippen LogP contribution in [0.5, 0.6) is 0 Å². The maximum Gasteiger partial charge on any atom is 0.237 e. The van der Waals surface area contributed by atoms with Gasteiger partial charge in [-0.1, -0.05) is 48.2 Å². The van der Waals surface area contributed by atoms with Gasteiger partial charge in [0.1, 0.15) is 0 Å². The van der Waals surface area contributed by atoms with Crippen molar-refractivity contribution < 1.29 is 4.79 Å². The van der Waals surface area contributed by atoms with Gasteiger partial charge in [-0.15, -0.1) is 5.10 Å². The third kappa shape index (κ3) is 3.77. The zero-order chi connectivity index (χ0) is 18.7. The monoisotopic (exact) mass is 367 g/mol. The van der Waals surface area contributed by atoms with E-state index in [-0.39, 0.29) is 11.2 Å². The molecule has 0 fully saturated rings. The average Bonchev–Trinajstić information content (AvgIpc) is 3.04. The van der Waals surface area contributed by atoms with E-state index in [2.05, 4.69) is 20.8 Å². The van der Waals surface area contributed by atoms with E-state index in [4.69, 9.17) is 0 Å². The van der Waals surface area contributed by atoms with Crippen LogP contribution in [0.3, 0.4) is 0 Å². The second-order valence-corrected chi connectivity index (χ2v) is 7.49. The lowest BCUT2D eigenvalue weighted by atomic mass is 10.1. The van der Waals surface area contributed by atoms with Gasteiger partial charge in [-0.05, 0) is 60.9 Å². The number of rotatable bonds is 5. The molecular formula is C19H21N5OS. The molecule has 2 aromatic carbocycles. The van der Waals surface area contributed by atoms with Crippen LogP contribution in [0.2, 0.25) is 0 Å². The molecule has 6 nitrogen and oxygen atoms in total. The third-order valence-electron chi connectivity index (χ3n) is 4.15. The molecule has 3 rings (SSSR count). The molecule has 0 saturated heterocycles. The van der Waals surface area contributed by atoms with Gasteiger partial charge in [0.25, 0.3) is 0 Å². The van der Waals surface area contributed by atoms with Crippen molar-refractivity contribution in [1.82, 2.24) is 20.2 Å². The summed E-state index contributed by atoms with van der Waals surface area (Å²) in [4.78, 5) is 12.6. The van der Waals surface area contributed by atoms with Crippen molar-refractivity contribution in [2.45, 2.75) is 38.1 Å². The molecule has 1 atom stereocenters. The molecule has 0 bridgehead atoms. The van der Waals surface area contributed by atoms with Crippen LogP contribution in [-0.2, 0) is 4.79 Å². The fraction of sp³-hybridized carbons (Fsp3) is 0.263. The normalized spacial score (nSPS) is 12.0. The van der Waals surface area contributed by atoms with Gasteiger partial charge in [0.05, 0.1) is 10.9 Å². The molecule has 0 aliphatic carbocycles. The number of para-hydroxylation sites is 2. The minimum absolute atomic E-state index is 0.0830. The van der Waals surface area contributed by atoms with Crippen LogP contribution < -0.4 is 5.32 Å². The summed E-state index contributed by atoms with van der Waals surface area (Å²) in [5.41, 5.74) is 4.96. The quantitative estimate of drug-likeness (QED) is 0.696. The molecule has 1 aromatic heterocycles. The van der Waals surface area contributed by atoms with Gasteiger partial charge in [-0.3, -0.25) is 4.79 Å². The fourth-order valence-corrected chi connectivity index (χ4v) is 3.49. The number of nitrogens with one attached hydrogen (secondary N) is 1. The standard InChI is InChI=1S/C19H21N5OS/c1-12-8-5-6-11-16(12)20-18(25)15(4)26-19-21-22-23-24(19)17-13(2)9-7-10-14(17)3/h5-11,15H,1-4H3,(H,20,25). The number of benzene rings is 2. The zero-order valence-electron chi connectivity index (χ0n) is 15.2. The Hall–Kier alpha value is -2.67. The van der Waals surface area contributed by atoms with Crippen molar-refractivity contribution in [3.63, 3.8) is 0 Å². The number of tetrazole rings is 1. The van der Waals surface area contributed by atoms with E-state index in [1.165, 1.54) is 11.8 Å². The Morgan fingerprint density at radius 2 is 1.69 bits per heavy atom. The van der Waals surface area contributed by atoms with Crippen molar-refractivity contribution in [1.29, 1.82) is 0 Å². The maximum atomic E-state index is 12.6. The van der Waals surface area contributed by atoms with Crippen LogP contribution in [0, 0.1) is 20.8 Å². The van der Waals surface area contributed by atoms with E-state index in [1.54, 1.807) is 4.68 Å². The summed E-state index contributed by atoms with van der Waals surface area (Å²) in [6.45, 7) is 7.86. The maximum absolute atomic E-state index is 12.6. The minimum Gasteiger partial charge on any atom is -0.325 e. The summed E-state index contributed by atoms with van der Waals surface area (Å²) >= 11 is 1.34. The van der Waals surface area contributed by atoms with Gasteiger partial charge in [0.2, 0.25) is 11.1 Å². The van der Waals surface area contributed by atoms with Crippen LogP contribution in [-0.4, -0.2) is 31.4 Å². The number of hydrogen-bond acceptors (Lipinski definition) is 5. The Bertz CT molecular complexity index is 917. The number of aryl methyl sites for hydroxylation is 3. The first-order valence-corrected chi connectivity index (χ1v) is 9.23. The fourth-order valence-electron chi connectivity index (χ4n) is 2.69. The van der Waals surface area contributed by atoms with Crippen LogP contribution in [0.1, 0.15) is 23.6 Å². The van der Waals surface area contributed by atoms with E-state index in [0.29, 0.717) is 5.16 Å². The Morgan fingerprint density at radius 3 is 2.38 bits per heavy atom. The molecule has 134 valence electrons. The van der Waals surface area contributed by atoms with Crippen LogP contribution in [0.4, 0.5) is 5.69 Å². The highest BCUT2D eigenvalue weighted by Gasteiger charge is 2.21. The first kappa shape index (κ1) is 18.1. The Labute approximate surface area is 157 Å². The Morgan fingerprint density at radius 1 is 1.04 bits per heavy atom. The van der Waals surface area contributed by atoms with Crippen LogP contribution in [0.25, 0.3) is 5.69 Å². The van der Waals surface area contributed by atoms with E-state index in [1.807, 2.05) is 70.2 Å². The molecule has 26 heavy (non-hydrogen) atoms. The second-order valence-electron chi connectivity index (χ2n) is 6.18. The van der Waals surface area contributed by atoms with Gasteiger partial charge >= 0.3 is 0 Å². The van der Waals surface area contributed by atoms with E-state index >= 15 is 0 Å². The summed E-state index contributed by atoms with van der Waals surface area (Å²) in [5, 5.41) is 15.2. The number of carbonyl (C=O) groups is 1. The number of hydrogen-bond donors (Lipinski definition) is 1. The molecule has 0 saturated carbocycles. The number of anilines is 1. The molecule has 3 aromatic rings. The summed E-state index contributed by atoms with van der Waals surface area (Å²) in [6, 6.07) is 13.8. The smallest absolute Gasteiger partial charge is 0.237 e. The first-order valence-electron chi connectivity index (χ1n) is 8.35.